The smallest absolute Gasteiger partial charge is 0.231 e. The van der Waals surface area contributed by atoms with E-state index in [4.69, 9.17) is 11.5 Å². The van der Waals surface area contributed by atoms with Gasteiger partial charge in [-0.05, 0) is 24.7 Å². The molecular formula is C10H14BrN3O. The topological polar surface area (TPSA) is 72.3 Å². The van der Waals surface area contributed by atoms with E-state index in [0.717, 1.165) is 10.0 Å². The van der Waals surface area contributed by atoms with Crippen molar-refractivity contribution in [1.82, 2.24) is 4.90 Å². The van der Waals surface area contributed by atoms with Gasteiger partial charge in [0.05, 0.1) is 6.54 Å². The predicted molar refractivity (Wildman–Crippen MR) is 64.1 cm³/mol. The molecule has 5 heteroatoms. The molecular weight excluding hydrogens is 258 g/mol. The van der Waals surface area contributed by atoms with Gasteiger partial charge in [0, 0.05) is 16.7 Å². The first-order valence-electron chi connectivity index (χ1n) is 4.50. The molecule has 0 heterocycles. The zero-order valence-electron chi connectivity index (χ0n) is 8.53. The Labute approximate surface area is 97.4 Å². The maximum Gasteiger partial charge on any atom is 0.231 e. The molecule has 0 bridgehead atoms. The third kappa shape index (κ3) is 3.89. The standard InChI is InChI=1S/C10H14BrN3O/c1-14(6-10(13)15)5-7-2-3-8(11)4-9(7)12/h2-4H,5-6,12H2,1H3,(H2,13,15). The number of benzene rings is 1. The second kappa shape index (κ2) is 5.14. The van der Waals surface area contributed by atoms with Crippen molar-refractivity contribution in [3.05, 3.63) is 28.2 Å². The van der Waals surface area contributed by atoms with Crippen molar-refractivity contribution in [2.24, 2.45) is 5.73 Å². The van der Waals surface area contributed by atoms with Gasteiger partial charge in [-0.1, -0.05) is 22.0 Å². The van der Waals surface area contributed by atoms with Crippen molar-refractivity contribution < 1.29 is 4.79 Å². The third-order valence-electron chi connectivity index (χ3n) is 1.97. The van der Waals surface area contributed by atoms with Crippen molar-refractivity contribution in [2.75, 3.05) is 19.3 Å². The highest BCUT2D eigenvalue weighted by atomic mass is 79.9. The van der Waals surface area contributed by atoms with Gasteiger partial charge in [-0.2, -0.15) is 0 Å². The first kappa shape index (κ1) is 12.0. The predicted octanol–water partition coefficient (Wildman–Crippen LogP) is 0.948. The van der Waals surface area contributed by atoms with Crippen molar-refractivity contribution in [3.8, 4) is 0 Å². The zero-order valence-corrected chi connectivity index (χ0v) is 10.1. The zero-order chi connectivity index (χ0) is 11.4. The largest absolute Gasteiger partial charge is 0.398 e. The second-order valence-corrected chi connectivity index (χ2v) is 4.40. The Morgan fingerprint density at radius 3 is 2.73 bits per heavy atom. The van der Waals surface area contributed by atoms with Crippen LogP contribution in [0.1, 0.15) is 5.56 Å². The number of carbonyl (C=O) groups is 1. The molecule has 82 valence electrons. The van der Waals surface area contributed by atoms with E-state index in [2.05, 4.69) is 15.9 Å². The van der Waals surface area contributed by atoms with Crippen LogP contribution >= 0.6 is 15.9 Å². The number of hydrogen-bond donors (Lipinski definition) is 2. The Bertz CT molecular complexity index is 368. The van der Waals surface area contributed by atoms with Crippen molar-refractivity contribution in [2.45, 2.75) is 6.54 Å². The lowest BCUT2D eigenvalue weighted by atomic mass is 10.2. The molecule has 0 aliphatic heterocycles. The number of halogens is 1. The summed E-state index contributed by atoms with van der Waals surface area (Å²) in [5.41, 5.74) is 12.6. The fourth-order valence-corrected chi connectivity index (χ4v) is 1.70. The Hall–Kier alpha value is -1.07. The molecule has 15 heavy (non-hydrogen) atoms. The number of hydrogen-bond acceptors (Lipinski definition) is 3. The van der Waals surface area contributed by atoms with Crippen LogP contribution in [0.3, 0.4) is 0 Å². The van der Waals surface area contributed by atoms with Gasteiger partial charge < -0.3 is 11.5 Å². The lowest BCUT2D eigenvalue weighted by Crippen LogP contribution is -2.30. The maximum atomic E-state index is 10.7. The SMILES string of the molecule is CN(CC(N)=O)Cc1ccc(Br)cc1N. The Balaban J connectivity index is 2.68. The lowest BCUT2D eigenvalue weighted by molar-refractivity contribution is -0.118. The molecule has 0 saturated heterocycles. The molecule has 0 unspecified atom stereocenters. The summed E-state index contributed by atoms with van der Waals surface area (Å²) in [5, 5.41) is 0. The summed E-state index contributed by atoms with van der Waals surface area (Å²) in [6.07, 6.45) is 0. The van der Waals surface area contributed by atoms with E-state index >= 15 is 0 Å². The summed E-state index contributed by atoms with van der Waals surface area (Å²) in [4.78, 5) is 12.5. The first-order chi connectivity index (χ1) is 6.99. The van der Waals surface area contributed by atoms with Crippen LogP contribution in [0.5, 0.6) is 0 Å². The van der Waals surface area contributed by atoms with Gasteiger partial charge in [-0.15, -0.1) is 0 Å². The summed E-state index contributed by atoms with van der Waals surface area (Å²) in [6, 6.07) is 5.69. The molecule has 4 N–H and O–H groups in total. The van der Waals surface area contributed by atoms with Crippen LogP contribution in [0.4, 0.5) is 5.69 Å². The van der Waals surface area contributed by atoms with Gasteiger partial charge in [-0.25, -0.2) is 0 Å². The van der Waals surface area contributed by atoms with Crippen LogP contribution < -0.4 is 11.5 Å². The molecule has 0 fully saturated rings. The Kier molecular flexibility index (Phi) is 4.11. The summed E-state index contributed by atoms with van der Waals surface area (Å²) >= 11 is 3.34. The molecule has 4 nitrogen and oxygen atoms in total. The van der Waals surface area contributed by atoms with E-state index in [1.807, 2.05) is 30.1 Å². The molecule has 0 aliphatic rings. The van der Waals surface area contributed by atoms with Crippen molar-refractivity contribution in [3.63, 3.8) is 0 Å². The molecule has 0 spiro atoms. The Morgan fingerprint density at radius 2 is 2.20 bits per heavy atom. The number of nitrogen functional groups attached to an aromatic ring is 1. The molecule has 0 radical (unpaired) electrons. The molecule has 0 atom stereocenters. The van der Waals surface area contributed by atoms with Gasteiger partial charge in [0.2, 0.25) is 5.91 Å². The third-order valence-corrected chi connectivity index (χ3v) is 2.47. The quantitative estimate of drug-likeness (QED) is 0.801. The number of anilines is 1. The maximum absolute atomic E-state index is 10.7. The highest BCUT2D eigenvalue weighted by molar-refractivity contribution is 9.10. The van der Waals surface area contributed by atoms with Crippen LogP contribution in [0.15, 0.2) is 22.7 Å². The Morgan fingerprint density at radius 1 is 1.53 bits per heavy atom. The lowest BCUT2D eigenvalue weighted by Gasteiger charge is -2.15. The van der Waals surface area contributed by atoms with E-state index < -0.39 is 0 Å². The van der Waals surface area contributed by atoms with Crippen LogP contribution in [-0.2, 0) is 11.3 Å². The van der Waals surface area contributed by atoms with Crippen molar-refractivity contribution in [1.29, 1.82) is 0 Å². The molecule has 1 aromatic rings. The molecule has 0 saturated carbocycles. The number of rotatable bonds is 4. The summed E-state index contributed by atoms with van der Waals surface area (Å²) in [7, 11) is 1.83. The number of amides is 1. The summed E-state index contributed by atoms with van der Waals surface area (Å²) in [5.74, 6) is -0.340. The minimum absolute atomic E-state index is 0.232. The first-order valence-corrected chi connectivity index (χ1v) is 5.29. The van der Waals surface area contributed by atoms with E-state index in [1.165, 1.54) is 0 Å². The van der Waals surface area contributed by atoms with Crippen LogP contribution in [0.2, 0.25) is 0 Å². The highest BCUT2D eigenvalue weighted by Gasteiger charge is 2.06. The fourth-order valence-electron chi connectivity index (χ4n) is 1.32. The van der Waals surface area contributed by atoms with E-state index in [9.17, 15) is 4.79 Å². The normalized spacial score (nSPS) is 10.6. The average Bonchev–Trinajstić information content (AvgIpc) is 2.08. The van der Waals surface area contributed by atoms with E-state index in [1.54, 1.807) is 0 Å². The number of carbonyl (C=O) groups excluding carboxylic acids is 1. The fraction of sp³-hybridized carbons (Fsp3) is 0.300. The minimum Gasteiger partial charge on any atom is -0.398 e. The summed E-state index contributed by atoms with van der Waals surface area (Å²) in [6.45, 7) is 0.845. The van der Waals surface area contributed by atoms with Crippen LogP contribution in [-0.4, -0.2) is 24.4 Å². The van der Waals surface area contributed by atoms with Crippen LogP contribution in [0, 0.1) is 0 Å². The number of likely N-dealkylation sites (N-methyl/N-ethyl adjacent to an activating group) is 1. The average molecular weight is 272 g/mol. The van der Waals surface area contributed by atoms with Crippen molar-refractivity contribution >= 4 is 27.5 Å². The monoisotopic (exact) mass is 271 g/mol. The van der Waals surface area contributed by atoms with Gasteiger partial charge in [0.25, 0.3) is 0 Å². The number of nitrogens with zero attached hydrogens (tertiary/aromatic N) is 1. The highest BCUT2D eigenvalue weighted by Crippen LogP contribution is 2.19. The van der Waals surface area contributed by atoms with E-state index in [-0.39, 0.29) is 12.5 Å². The molecule has 0 aromatic heterocycles. The van der Waals surface area contributed by atoms with E-state index in [0.29, 0.717) is 12.2 Å². The van der Waals surface area contributed by atoms with Gasteiger partial charge in [0.1, 0.15) is 0 Å². The van der Waals surface area contributed by atoms with Crippen LogP contribution in [0.25, 0.3) is 0 Å². The molecule has 1 rings (SSSR count). The number of primary amides is 1. The minimum atomic E-state index is -0.340. The number of nitrogens with two attached hydrogens (primary N) is 2. The summed E-state index contributed by atoms with van der Waals surface area (Å²) < 4.78 is 0.946. The van der Waals surface area contributed by atoms with Gasteiger partial charge in [-0.3, -0.25) is 9.69 Å². The molecule has 1 amide bonds. The molecule has 1 aromatic carbocycles. The second-order valence-electron chi connectivity index (χ2n) is 3.48. The molecule has 0 aliphatic carbocycles. The van der Waals surface area contributed by atoms with Gasteiger partial charge >= 0.3 is 0 Å². The van der Waals surface area contributed by atoms with Gasteiger partial charge in [0.15, 0.2) is 0 Å².